The predicted octanol–water partition coefficient (Wildman–Crippen LogP) is 3.62. The average Bonchev–Trinajstić information content (AvgIpc) is 3.05. The Balaban J connectivity index is 1.85. The molecule has 0 unspecified atom stereocenters. The molecule has 0 bridgehead atoms. The van der Waals surface area contributed by atoms with Crippen molar-refractivity contribution in [2.75, 3.05) is 39.2 Å². The van der Waals surface area contributed by atoms with Gasteiger partial charge in [0.15, 0.2) is 0 Å². The van der Waals surface area contributed by atoms with Crippen LogP contribution in [-0.2, 0) is 9.59 Å². The van der Waals surface area contributed by atoms with E-state index in [4.69, 9.17) is 4.74 Å². The SMILES string of the molecule is COc1ccccc1C1=C(N(C)C2CCN(C)CC2)C(=O)N(c2cc(C)ccc2C)C1=O. The molecular formula is C26H31N3O3. The van der Waals surface area contributed by atoms with Gasteiger partial charge in [0.1, 0.15) is 11.4 Å². The molecule has 6 heteroatoms. The monoisotopic (exact) mass is 433 g/mol. The van der Waals surface area contributed by atoms with Gasteiger partial charge in [-0.05, 0) is 70.1 Å². The van der Waals surface area contributed by atoms with E-state index in [1.165, 1.54) is 4.90 Å². The Labute approximate surface area is 190 Å². The Kier molecular flexibility index (Phi) is 6.07. The van der Waals surface area contributed by atoms with Crippen LogP contribution in [0.15, 0.2) is 48.2 Å². The maximum atomic E-state index is 13.9. The summed E-state index contributed by atoms with van der Waals surface area (Å²) >= 11 is 0. The second-order valence-corrected chi connectivity index (χ2v) is 8.80. The highest BCUT2D eigenvalue weighted by Crippen LogP contribution is 2.40. The summed E-state index contributed by atoms with van der Waals surface area (Å²) in [5.74, 6) is 0.00903. The number of amides is 2. The minimum absolute atomic E-state index is 0.196. The number of carbonyl (C=O) groups excluding carboxylic acids is 2. The summed E-state index contributed by atoms with van der Waals surface area (Å²) in [6, 6.07) is 13.5. The van der Waals surface area contributed by atoms with Gasteiger partial charge in [-0.2, -0.15) is 0 Å². The normalized spacial score (nSPS) is 18.0. The Hall–Kier alpha value is -3.12. The molecule has 1 fully saturated rings. The summed E-state index contributed by atoms with van der Waals surface area (Å²) in [4.78, 5) is 33.4. The molecular weight excluding hydrogens is 402 g/mol. The lowest BCUT2D eigenvalue weighted by Crippen LogP contribution is -2.43. The van der Waals surface area contributed by atoms with E-state index in [0.29, 0.717) is 28.3 Å². The molecule has 0 saturated carbocycles. The number of anilines is 1. The van der Waals surface area contributed by atoms with Crippen LogP contribution in [0.4, 0.5) is 5.69 Å². The minimum Gasteiger partial charge on any atom is -0.496 e. The molecule has 0 N–H and O–H groups in total. The molecule has 0 spiro atoms. The minimum atomic E-state index is -0.303. The van der Waals surface area contributed by atoms with Gasteiger partial charge in [-0.15, -0.1) is 0 Å². The van der Waals surface area contributed by atoms with E-state index in [9.17, 15) is 9.59 Å². The highest BCUT2D eigenvalue weighted by Gasteiger charge is 2.44. The van der Waals surface area contributed by atoms with Gasteiger partial charge in [0.2, 0.25) is 0 Å². The van der Waals surface area contributed by atoms with E-state index in [2.05, 4.69) is 11.9 Å². The molecule has 168 valence electrons. The van der Waals surface area contributed by atoms with Crippen molar-refractivity contribution in [1.29, 1.82) is 0 Å². The maximum Gasteiger partial charge on any atom is 0.282 e. The number of benzene rings is 2. The number of imide groups is 1. The fraction of sp³-hybridized carbons (Fsp3) is 0.385. The molecule has 2 amide bonds. The molecule has 0 aromatic heterocycles. The predicted molar refractivity (Wildman–Crippen MR) is 127 cm³/mol. The Morgan fingerprint density at radius 3 is 2.38 bits per heavy atom. The highest BCUT2D eigenvalue weighted by molar-refractivity contribution is 6.45. The lowest BCUT2D eigenvalue weighted by Gasteiger charge is -2.36. The van der Waals surface area contributed by atoms with Gasteiger partial charge in [-0.1, -0.05) is 30.3 Å². The van der Waals surface area contributed by atoms with Crippen molar-refractivity contribution in [3.05, 3.63) is 64.9 Å². The van der Waals surface area contributed by atoms with Crippen molar-refractivity contribution < 1.29 is 14.3 Å². The lowest BCUT2D eigenvalue weighted by atomic mass is 9.99. The number of methoxy groups -OCH3 is 1. The topological polar surface area (TPSA) is 53.1 Å². The molecule has 2 heterocycles. The van der Waals surface area contributed by atoms with Crippen molar-refractivity contribution in [3.8, 4) is 5.75 Å². The number of piperidine rings is 1. The number of aryl methyl sites for hydroxylation is 2. The third-order valence-corrected chi connectivity index (χ3v) is 6.63. The zero-order chi connectivity index (χ0) is 23.0. The van der Waals surface area contributed by atoms with Gasteiger partial charge in [0.05, 0.1) is 18.4 Å². The Morgan fingerprint density at radius 2 is 1.69 bits per heavy atom. The number of carbonyl (C=O) groups is 2. The Bertz CT molecular complexity index is 1080. The summed E-state index contributed by atoms with van der Waals surface area (Å²) in [6.07, 6.45) is 1.89. The first kappa shape index (κ1) is 22.1. The number of ether oxygens (including phenoxy) is 1. The van der Waals surface area contributed by atoms with Crippen LogP contribution in [0.3, 0.4) is 0 Å². The molecule has 2 aromatic rings. The first-order chi connectivity index (χ1) is 15.3. The van der Waals surface area contributed by atoms with Crippen LogP contribution in [0, 0.1) is 13.8 Å². The van der Waals surface area contributed by atoms with Gasteiger partial charge in [0, 0.05) is 18.7 Å². The van der Waals surface area contributed by atoms with E-state index in [1.807, 2.05) is 68.3 Å². The highest BCUT2D eigenvalue weighted by atomic mass is 16.5. The van der Waals surface area contributed by atoms with Crippen LogP contribution in [0.1, 0.15) is 29.5 Å². The molecule has 6 nitrogen and oxygen atoms in total. The number of rotatable bonds is 5. The summed E-state index contributed by atoms with van der Waals surface area (Å²) in [5.41, 5.74) is 4.04. The molecule has 1 saturated heterocycles. The molecule has 0 radical (unpaired) electrons. The van der Waals surface area contributed by atoms with Crippen molar-refractivity contribution in [1.82, 2.24) is 9.80 Å². The first-order valence-electron chi connectivity index (χ1n) is 11.1. The van der Waals surface area contributed by atoms with Gasteiger partial charge >= 0.3 is 0 Å². The Morgan fingerprint density at radius 1 is 1.00 bits per heavy atom. The molecule has 0 atom stereocenters. The van der Waals surface area contributed by atoms with Crippen LogP contribution in [-0.4, -0.2) is 62.0 Å². The average molecular weight is 434 g/mol. The van der Waals surface area contributed by atoms with Crippen LogP contribution < -0.4 is 9.64 Å². The van der Waals surface area contributed by atoms with Crippen molar-refractivity contribution in [2.24, 2.45) is 0 Å². The standard InChI is InChI=1S/C26H31N3O3/c1-17-10-11-18(2)21(16-17)29-25(30)23(20-8-6-7-9-22(20)32-5)24(26(29)31)28(4)19-12-14-27(3)15-13-19/h6-11,16,19H,12-15H2,1-5H3. The van der Waals surface area contributed by atoms with Crippen LogP contribution in [0.5, 0.6) is 5.75 Å². The number of likely N-dealkylation sites (N-methyl/N-ethyl adjacent to an activating group) is 1. The van der Waals surface area contributed by atoms with E-state index in [1.54, 1.807) is 7.11 Å². The zero-order valence-electron chi connectivity index (χ0n) is 19.5. The number of likely N-dealkylation sites (tertiary alicyclic amines) is 1. The van der Waals surface area contributed by atoms with Gasteiger partial charge in [-0.3, -0.25) is 9.59 Å². The van der Waals surface area contributed by atoms with Crippen LogP contribution in [0.2, 0.25) is 0 Å². The van der Waals surface area contributed by atoms with Crippen molar-refractivity contribution in [3.63, 3.8) is 0 Å². The number of hydrogen-bond donors (Lipinski definition) is 0. The molecule has 2 aliphatic rings. The van der Waals surface area contributed by atoms with Crippen molar-refractivity contribution in [2.45, 2.75) is 32.7 Å². The van der Waals surface area contributed by atoms with E-state index >= 15 is 0 Å². The van der Waals surface area contributed by atoms with E-state index < -0.39 is 0 Å². The smallest absolute Gasteiger partial charge is 0.282 e. The van der Waals surface area contributed by atoms with Gasteiger partial charge in [0.25, 0.3) is 11.8 Å². The van der Waals surface area contributed by atoms with E-state index in [-0.39, 0.29) is 17.9 Å². The maximum absolute atomic E-state index is 13.9. The third-order valence-electron chi connectivity index (χ3n) is 6.63. The number of hydrogen-bond acceptors (Lipinski definition) is 5. The summed E-state index contributed by atoms with van der Waals surface area (Å²) in [5, 5.41) is 0. The summed E-state index contributed by atoms with van der Waals surface area (Å²) in [7, 11) is 5.64. The zero-order valence-corrected chi connectivity index (χ0v) is 19.5. The fourth-order valence-electron chi connectivity index (χ4n) is 4.68. The number of para-hydroxylation sites is 1. The molecule has 0 aliphatic carbocycles. The van der Waals surface area contributed by atoms with E-state index in [0.717, 1.165) is 37.1 Å². The molecule has 4 rings (SSSR count). The fourth-order valence-corrected chi connectivity index (χ4v) is 4.68. The summed E-state index contributed by atoms with van der Waals surface area (Å²) in [6.45, 7) is 5.83. The largest absolute Gasteiger partial charge is 0.496 e. The van der Waals surface area contributed by atoms with Gasteiger partial charge in [-0.25, -0.2) is 4.90 Å². The molecule has 32 heavy (non-hydrogen) atoms. The summed E-state index contributed by atoms with van der Waals surface area (Å²) < 4.78 is 5.57. The third kappa shape index (κ3) is 3.79. The first-order valence-corrected chi connectivity index (χ1v) is 11.1. The molecule has 2 aliphatic heterocycles. The quantitative estimate of drug-likeness (QED) is 0.674. The second kappa shape index (κ2) is 8.79. The van der Waals surface area contributed by atoms with Crippen LogP contribution >= 0.6 is 0 Å². The molecule has 2 aromatic carbocycles. The van der Waals surface area contributed by atoms with Gasteiger partial charge < -0.3 is 14.5 Å². The van der Waals surface area contributed by atoms with Crippen molar-refractivity contribution >= 4 is 23.1 Å². The number of nitrogens with zero attached hydrogens (tertiary/aromatic N) is 3. The lowest BCUT2D eigenvalue weighted by molar-refractivity contribution is -0.120. The second-order valence-electron chi connectivity index (χ2n) is 8.80. The van der Waals surface area contributed by atoms with Crippen LogP contribution in [0.25, 0.3) is 5.57 Å².